The van der Waals surface area contributed by atoms with E-state index in [4.69, 9.17) is 0 Å². The van der Waals surface area contributed by atoms with Crippen molar-refractivity contribution in [1.29, 1.82) is 0 Å². The molecule has 0 aliphatic heterocycles. The van der Waals surface area contributed by atoms with E-state index in [0.29, 0.717) is 6.04 Å². The quantitative estimate of drug-likeness (QED) is 0.744. The van der Waals surface area contributed by atoms with Gasteiger partial charge >= 0.3 is 0 Å². The highest BCUT2D eigenvalue weighted by Crippen LogP contribution is 2.27. The van der Waals surface area contributed by atoms with Crippen LogP contribution in [-0.4, -0.2) is 37.6 Å². The Balaban J connectivity index is 2.33. The molecule has 1 atom stereocenters. The Bertz CT molecular complexity index is 150. The molecule has 2 nitrogen and oxygen atoms in total. The molecule has 1 unspecified atom stereocenters. The Labute approximate surface area is 89.1 Å². The van der Waals surface area contributed by atoms with Crippen molar-refractivity contribution in [2.45, 2.75) is 51.6 Å². The maximum atomic E-state index is 3.25. The monoisotopic (exact) mass is 198 g/mol. The molecule has 14 heavy (non-hydrogen) atoms. The molecular weight excluding hydrogens is 172 g/mol. The van der Waals surface area contributed by atoms with Crippen molar-refractivity contribution in [3.05, 3.63) is 0 Å². The van der Waals surface area contributed by atoms with Crippen LogP contribution in [-0.2, 0) is 0 Å². The molecule has 0 aromatic heterocycles. The minimum absolute atomic E-state index is 0.665. The van der Waals surface area contributed by atoms with E-state index < -0.39 is 0 Å². The second-order valence-electron chi connectivity index (χ2n) is 4.99. The second-order valence-corrected chi connectivity index (χ2v) is 4.99. The number of rotatable bonds is 4. The zero-order valence-electron chi connectivity index (χ0n) is 10.2. The first kappa shape index (κ1) is 12.0. The van der Waals surface area contributed by atoms with Crippen LogP contribution < -0.4 is 5.32 Å². The van der Waals surface area contributed by atoms with Gasteiger partial charge in [-0.05, 0) is 52.6 Å². The van der Waals surface area contributed by atoms with Crippen molar-refractivity contribution in [2.75, 3.05) is 20.6 Å². The molecule has 0 amide bonds. The average Bonchev–Trinajstić information content (AvgIpc) is 2.18. The predicted molar refractivity (Wildman–Crippen MR) is 62.6 cm³/mol. The lowest BCUT2D eigenvalue weighted by atomic mass is 9.86. The summed E-state index contributed by atoms with van der Waals surface area (Å²) in [7, 11) is 4.32. The molecule has 0 heterocycles. The molecule has 0 spiro atoms. The van der Waals surface area contributed by atoms with Gasteiger partial charge in [-0.25, -0.2) is 0 Å². The summed E-state index contributed by atoms with van der Waals surface area (Å²) in [6, 6.07) is 1.49. The lowest BCUT2D eigenvalue weighted by molar-refractivity contribution is 0.131. The van der Waals surface area contributed by atoms with Crippen molar-refractivity contribution in [2.24, 2.45) is 5.92 Å². The predicted octanol–water partition coefficient (Wildman–Crippen LogP) is 2.10. The molecule has 0 bridgehead atoms. The van der Waals surface area contributed by atoms with E-state index in [1.165, 1.54) is 25.7 Å². The first-order valence-electron chi connectivity index (χ1n) is 6.01. The number of nitrogens with one attached hydrogen (secondary N) is 1. The fourth-order valence-electron chi connectivity index (χ4n) is 2.45. The number of hydrogen-bond acceptors (Lipinski definition) is 2. The van der Waals surface area contributed by atoms with Crippen LogP contribution in [0.5, 0.6) is 0 Å². The fraction of sp³-hybridized carbons (Fsp3) is 1.00. The first-order valence-corrected chi connectivity index (χ1v) is 6.01. The molecule has 84 valence electrons. The Hall–Kier alpha value is -0.0800. The average molecular weight is 198 g/mol. The third-order valence-electron chi connectivity index (χ3n) is 3.76. The van der Waals surface area contributed by atoms with Gasteiger partial charge in [-0.3, -0.25) is 4.90 Å². The van der Waals surface area contributed by atoms with E-state index in [9.17, 15) is 0 Å². The van der Waals surface area contributed by atoms with Crippen molar-refractivity contribution in [3.63, 3.8) is 0 Å². The van der Waals surface area contributed by atoms with Gasteiger partial charge < -0.3 is 5.32 Å². The molecule has 1 rings (SSSR count). The molecule has 1 N–H and O–H groups in total. The van der Waals surface area contributed by atoms with Crippen molar-refractivity contribution in [1.82, 2.24) is 10.2 Å². The molecule has 2 heteroatoms. The van der Waals surface area contributed by atoms with Gasteiger partial charge in [0.25, 0.3) is 0 Å². The van der Waals surface area contributed by atoms with E-state index in [2.05, 4.69) is 31.1 Å². The fourth-order valence-corrected chi connectivity index (χ4v) is 2.45. The molecule has 0 saturated heterocycles. The zero-order chi connectivity index (χ0) is 10.6. The molecule has 0 aromatic carbocycles. The highest BCUT2D eigenvalue weighted by molar-refractivity contribution is 4.79. The minimum atomic E-state index is 0.665. The van der Waals surface area contributed by atoms with Gasteiger partial charge in [-0.15, -0.1) is 0 Å². The van der Waals surface area contributed by atoms with Crippen LogP contribution in [0, 0.1) is 5.92 Å². The molecule has 1 aliphatic rings. The van der Waals surface area contributed by atoms with Gasteiger partial charge in [0.05, 0.1) is 0 Å². The summed E-state index contributed by atoms with van der Waals surface area (Å²) in [6.45, 7) is 5.80. The maximum absolute atomic E-state index is 3.25. The number of nitrogens with zero attached hydrogens (tertiary/aromatic N) is 1. The highest BCUT2D eigenvalue weighted by Gasteiger charge is 2.23. The van der Waals surface area contributed by atoms with Crippen LogP contribution >= 0.6 is 0 Å². The van der Waals surface area contributed by atoms with Gasteiger partial charge in [0.15, 0.2) is 0 Å². The summed E-state index contributed by atoms with van der Waals surface area (Å²) < 4.78 is 0. The standard InChI is InChI=1S/C12H26N2/c1-10-5-7-12(8-6-10)14(4)11(2)9-13-3/h10-13H,5-9H2,1-4H3. The van der Waals surface area contributed by atoms with Gasteiger partial charge in [-0.1, -0.05) is 6.92 Å². The van der Waals surface area contributed by atoms with Gasteiger partial charge in [-0.2, -0.15) is 0 Å². The summed E-state index contributed by atoms with van der Waals surface area (Å²) >= 11 is 0. The molecule has 0 aromatic rings. The van der Waals surface area contributed by atoms with E-state index >= 15 is 0 Å². The van der Waals surface area contributed by atoms with Crippen molar-refractivity contribution < 1.29 is 0 Å². The largest absolute Gasteiger partial charge is 0.318 e. The lowest BCUT2D eigenvalue weighted by Gasteiger charge is -2.37. The van der Waals surface area contributed by atoms with Gasteiger partial charge in [0, 0.05) is 18.6 Å². The molecule has 1 fully saturated rings. The van der Waals surface area contributed by atoms with E-state index in [1.807, 2.05) is 7.05 Å². The summed E-state index contributed by atoms with van der Waals surface area (Å²) in [5, 5.41) is 3.25. The normalized spacial score (nSPS) is 30.6. The smallest absolute Gasteiger partial charge is 0.0192 e. The minimum Gasteiger partial charge on any atom is -0.318 e. The second kappa shape index (κ2) is 5.72. The topological polar surface area (TPSA) is 15.3 Å². The zero-order valence-corrected chi connectivity index (χ0v) is 10.2. The number of hydrogen-bond donors (Lipinski definition) is 1. The Morgan fingerprint density at radius 1 is 1.29 bits per heavy atom. The van der Waals surface area contributed by atoms with E-state index in [1.54, 1.807) is 0 Å². The van der Waals surface area contributed by atoms with Crippen LogP contribution in [0.25, 0.3) is 0 Å². The summed E-state index contributed by atoms with van der Waals surface area (Å²) in [5.41, 5.74) is 0. The maximum Gasteiger partial charge on any atom is 0.0192 e. The lowest BCUT2D eigenvalue weighted by Crippen LogP contribution is -2.44. The molecule has 1 saturated carbocycles. The number of likely N-dealkylation sites (N-methyl/N-ethyl adjacent to an activating group) is 2. The van der Waals surface area contributed by atoms with E-state index in [-0.39, 0.29) is 0 Å². The third kappa shape index (κ3) is 3.25. The van der Waals surface area contributed by atoms with E-state index in [0.717, 1.165) is 18.5 Å². The Morgan fingerprint density at radius 3 is 2.36 bits per heavy atom. The van der Waals surface area contributed by atoms with Crippen LogP contribution in [0.15, 0.2) is 0 Å². The van der Waals surface area contributed by atoms with Crippen LogP contribution in [0.4, 0.5) is 0 Å². The van der Waals surface area contributed by atoms with Crippen molar-refractivity contribution >= 4 is 0 Å². The summed E-state index contributed by atoms with van der Waals surface area (Å²) in [4.78, 5) is 2.56. The Kier molecular flexibility index (Phi) is 4.90. The van der Waals surface area contributed by atoms with Gasteiger partial charge in [0.1, 0.15) is 0 Å². The molecule has 1 aliphatic carbocycles. The van der Waals surface area contributed by atoms with Gasteiger partial charge in [0.2, 0.25) is 0 Å². The summed E-state index contributed by atoms with van der Waals surface area (Å²) in [5.74, 6) is 0.958. The van der Waals surface area contributed by atoms with Crippen molar-refractivity contribution in [3.8, 4) is 0 Å². The SMILES string of the molecule is CNCC(C)N(C)C1CCC(C)CC1. The van der Waals surface area contributed by atoms with Crippen LogP contribution in [0.1, 0.15) is 39.5 Å². The first-order chi connectivity index (χ1) is 6.65. The molecular formula is C12H26N2. The Morgan fingerprint density at radius 2 is 1.86 bits per heavy atom. The third-order valence-corrected chi connectivity index (χ3v) is 3.76. The van der Waals surface area contributed by atoms with Crippen LogP contribution in [0.2, 0.25) is 0 Å². The summed E-state index contributed by atoms with van der Waals surface area (Å²) in [6.07, 6.45) is 5.63. The molecule has 0 radical (unpaired) electrons. The highest BCUT2D eigenvalue weighted by atomic mass is 15.2. The van der Waals surface area contributed by atoms with Crippen LogP contribution in [0.3, 0.4) is 0 Å².